The van der Waals surface area contributed by atoms with E-state index >= 15 is 0 Å². The fourth-order valence-corrected chi connectivity index (χ4v) is 1.90. The Hall–Kier alpha value is -2.41. The van der Waals surface area contributed by atoms with Crippen LogP contribution in [0.2, 0.25) is 0 Å². The molecule has 0 spiro atoms. The number of rotatable bonds is 6. The predicted molar refractivity (Wildman–Crippen MR) is 84.4 cm³/mol. The predicted octanol–water partition coefficient (Wildman–Crippen LogP) is 0.0405. The molecule has 0 heterocycles. The van der Waals surface area contributed by atoms with Gasteiger partial charge in [-0.25, -0.2) is 13.6 Å². The van der Waals surface area contributed by atoms with Crippen molar-refractivity contribution in [1.29, 1.82) is 5.26 Å². The topological polar surface area (TPSA) is 145 Å². The molecule has 0 saturated carbocycles. The molecule has 0 aliphatic heterocycles. The summed E-state index contributed by atoms with van der Waals surface area (Å²) in [4.78, 5) is 11.9. The number of hydrogen-bond acceptors (Lipinski definition) is 6. The van der Waals surface area contributed by atoms with Crippen LogP contribution in [0, 0.1) is 11.3 Å². The molecule has 8 nitrogen and oxygen atoms in total. The van der Waals surface area contributed by atoms with Crippen LogP contribution in [0.3, 0.4) is 0 Å². The lowest BCUT2D eigenvalue weighted by molar-refractivity contribution is -0.112. The number of nitrogens with one attached hydrogen (secondary N) is 2. The highest BCUT2D eigenvalue weighted by molar-refractivity contribution is 7.89. The number of anilines is 1. The van der Waals surface area contributed by atoms with Gasteiger partial charge in [-0.1, -0.05) is 0 Å². The zero-order valence-corrected chi connectivity index (χ0v) is 13.5. The minimum absolute atomic E-state index is 0.0853. The molecule has 1 aromatic carbocycles. The number of aliphatic hydroxyl groups is 1. The largest absolute Gasteiger partial charge is 0.394 e. The van der Waals surface area contributed by atoms with Gasteiger partial charge >= 0.3 is 0 Å². The highest BCUT2D eigenvalue weighted by Gasteiger charge is 2.16. The van der Waals surface area contributed by atoms with Crippen molar-refractivity contribution in [3.63, 3.8) is 0 Å². The van der Waals surface area contributed by atoms with Crippen molar-refractivity contribution < 1.29 is 18.3 Å². The van der Waals surface area contributed by atoms with Crippen LogP contribution < -0.4 is 15.8 Å². The van der Waals surface area contributed by atoms with Gasteiger partial charge in [0.2, 0.25) is 10.0 Å². The molecule has 0 aliphatic carbocycles. The standard InChI is InChI=1S/C14H18N4O4S/c1-14(2,9-19)17-8-10(7-15)13(20)18-11-3-5-12(6-4-11)23(16,21)22/h3-6,8,17,19H,9H2,1-2H3,(H,18,20)(H2,16,21,22)/b10-8-. The molecule has 1 rings (SSSR count). The zero-order chi connectivity index (χ0) is 17.7. The third-order valence-electron chi connectivity index (χ3n) is 2.81. The summed E-state index contributed by atoms with van der Waals surface area (Å²) in [7, 11) is -3.81. The van der Waals surface area contributed by atoms with Gasteiger partial charge in [-0.3, -0.25) is 4.79 Å². The average molecular weight is 338 g/mol. The van der Waals surface area contributed by atoms with Crippen molar-refractivity contribution in [2.24, 2.45) is 5.14 Å². The Morgan fingerprint density at radius 1 is 1.39 bits per heavy atom. The maximum atomic E-state index is 12.0. The third kappa shape index (κ3) is 5.71. The smallest absolute Gasteiger partial charge is 0.267 e. The average Bonchev–Trinajstić information content (AvgIpc) is 2.47. The molecule has 1 aromatic rings. The van der Waals surface area contributed by atoms with Gasteiger partial charge in [-0.15, -0.1) is 0 Å². The number of nitrogens with zero attached hydrogens (tertiary/aromatic N) is 1. The van der Waals surface area contributed by atoms with Crippen molar-refractivity contribution in [3.8, 4) is 6.07 Å². The Morgan fingerprint density at radius 3 is 2.39 bits per heavy atom. The normalized spacial score (nSPS) is 12.4. The molecule has 1 amide bonds. The lowest BCUT2D eigenvalue weighted by atomic mass is 10.1. The van der Waals surface area contributed by atoms with Crippen LogP contribution in [-0.2, 0) is 14.8 Å². The Morgan fingerprint density at radius 2 is 1.96 bits per heavy atom. The lowest BCUT2D eigenvalue weighted by Crippen LogP contribution is -2.39. The van der Waals surface area contributed by atoms with Gasteiger partial charge in [0.05, 0.1) is 17.0 Å². The number of primary sulfonamides is 1. The van der Waals surface area contributed by atoms with E-state index in [9.17, 15) is 13.2 Å². The molecule has 0 radical (unpaired) electrons. The van der Waals surface area contributed by atoms with Crippen molar-refractivity contribution in [1.82, 2.24) is 5.32 Å². The number of amides is 1. The van der Waals surface area contributed by atoms with Gasteiger partial charge in [0.15, 0.2) is 0 Å². The molecule has 23 heavy (non-hydrogen) atoms. The summed E-state index contributed by atoms with van der Waals surface area (Å²) in [6, 6.07) is 6.95. The fourth-order valence-electron chi connectivity index (χ4n) is 1.39. The Balaban J connectivity index is 2.85. The maximum Gasteiger partial charge on any atom is 0.267 e. The summed E-state index contributed by atoms with van der Waals surface area (Å²) in [5.74, 6) is -0.669. The molecule has 0 aromatic heterocycles. The number of aliphatic hydroxyl groups excluding tert-OH is 1. The van der Waals surface area contributed by atoms with E-state index in [1.54, 1.807) is 19.9 Å². The first kappa shape index (κ1) is 18.6. The van der Waals surface area contributed by atoms with E-state index in [-0.39, 0.29) is 17.1 Å². The minimum atomic E-state index is -3.81. The molecular weight excluding hydrogens is 320 g/mol. The highest BCUT2D eigenvalue weighted by atomic mass is 32.2. The first-order chi connectivity index (χ1) is 10.6. The Kier molecular flexibility index (Phi) is 5.86. The van der Waals surface area contributed by atoms with E-state index < -0.39 is 21.5 Å². The summed E-state index contributed by atoms with van der Waals surface area (Å²) in [5.41, 5.74) is -0.563. The molecule has 0 aliphatic rings. The van der Waals surface area contributed by atoms with Gasteiger partial charge in [0, 0.05) is 11.9 Å². The van der Waals surface area contributed by atoms with E-state index in [2.05, 4.69) is 10.6 Å². The third-order valence-corrected chi connectivity index (χ3v) is 3.74. The summed E-state index contributed by atoms with van der Waals surface area (Å²) in [6.07, 6.45) is 1.21. The first-order valence-electron chi connectivity index (χ1n) is 6.52. The van der Waals surface area contributed by atoms with Crippen molar-refractivity contribution in [3.05, 3.63) is 36.0 Å². The van der Waals surface area contributed by atoms with Gasteiger partial charge in [0.1, 0.15) is 11.6 Å². The van der Waals surface area contributed by atoms with Crippen molar-refractivity contribution in [2.75, 3.05) is 11.9 Å². The van der Waals surface area contributed by atoms with Crippen LogP contribution in [0.15, 0.2) is 40.9 Å². The maximum absolute atomic E-state index is 12.0. The molecule has 5 N–H and O–H groups in total. The number of nitriles is 1. The SMILES string of the molecule is CC(C)(CO)N/C=C(/C#N)C(=O)Nc1ccc(S(N)(=O)=O)cc1. The van der Waals surface area contributed by atoms with E-state index in [4.69, 9.17) is 15.5 Å². The molecular formula is C14H18N4O4S. The van der Waals surface area contributed by atoms with Crippen LogP contribution in [0.5, 0.6) is 0 Å². The Bertz CT molecular complexity index is 746. The molecule has 0 bridgehead atoms. The molecule has 0 saturated heterocycles. The zero-order valence-electron chi connectivity index (χ0n) is 12.7. The van der Waals surface area contributed by atoms with Crippen LogP contribution in [0.25, 0.3) is 0 Å². The molecule has 124 valence electrons. The lowest BCUT2D eigenvalue weighted by Gasteiger charge is -2.22. The molecule has 0 atom stereocenters. The van der Waals surface area contributed by atoms with Crippen molar-refractivity contribution in [2.45, 2.75) is 24.3 Å². The molecule has 0 fully saturated rings. The van der Waals surface area contributed by atoms with Gasteiger partial charge in [-0.05, 0) is 38.1 Å². The number of hydrogen-bond donors (Lipinski definition) is 4. The van der Waals surface area contributed by atoms with E-state index in [0.29, 0.717) is 5.69 Å². The number of carbonyl (C=O) groups excluding carboxylic acids is 1. The van der Waals surface area contributed by atoms with Gasteiger partial charge in [-0.2, -0.15) is 5.26 Å². The number of sulfonamides is 1. The second kappa shape index (κ2) is 7.23. The summed E-state index contributed by atoms with van der Waals surface area (Å²) in [6.45, 7) is 3.21. The van der Waals surface area contributed by atoms with Crippen LogP contribution in [-0.4, -0.2) is 31.6 Å². The van der Waals surface area contributed by atoms with Crippen LogP contribution in [0.4, 0.5) is 5.69 Å². The van der Waals surface area contributed by atoms with Crippen LogP contribution >= 0.6 is 0 Å². The second-order valence-corrected chi connectivity index (χ2v) is 6.94. The van der Waals surface area contributed by atoms with E-state index in [1.165, 1.54) is 30.5 Å². The second-order valence-electron chi connectivity index (χ2n) is 5.38. The summed E-state index contributed by atoms with van der Waals surface area (Å²) in [5, 5.41) is 28.3. The van der Waals surface area contributed by atoms with Crippen LogP contribution in [0.1, 0.15) is 13.8 Å². The first-order valence-corrected chi connectivity index (χ1v) is 8.07. The highest BCUT2D eigenvalue weighted by Crippen LogP contribution is 2.13. The summed E-state index contributed by atoms with van der Waals surface area (Å²) >= 11 is 0. The van der Waals surface area contributed by atoms with Gasteiger partial charge in [0.25, 0.3) is 5.91 Å². The number of nitrogens with two attached hydrogens (primary N) is 1. The number of benzene rings is 1. The minimum Gasteiger partial charge on any atom is -0.394 e. The van der Waals surface area contributed by atoms with Crippen molar-refractivity contribution >= 4 is 21.6 Å². The summed E-state index contributed by atoms with van der Waals surface area (Å²) < 4.78 is 22.3. The Labute approximate surface area is 134 Å². The van der Waals surface area contributed by atoms with E-state index in [0.717, 1.165) is 0 Å². The van der Waals surface area contributed by atoms with Gasteiger partial charge < -0.3 is 15.7 Å². The quantitative estimate of drug-likeness (QED) is 0.425. The van der Waals surface area contributed by atoms with E-state index in [1.807, 2.05) is 0 Å². The molecule has 9 heteroatoms. The number of carbonyl (C=O) groups is 1. The molecule has 0 unspecified atom stereocenters. The fraction of sp³-hybridized carbons (Fsp3) is 0.286. The monoisotopic (exact) mass is 338 g/mol.